The van der Waals surface area contributed by atoms with Crippen LogP contribution in [0.1, 0.15) is 79.0 Å². The van der Waals surface area contributed by atoms with Crippen LogP contribution in [0.5, 0.6) is 0 Å². The molecule has 0 saturated carbocycles. The number of benzene rings is 10. The number of rotatable bonds is 6. The minimum atomic E-state index is 0.0349. The number of anilines is 3. The van der Waals surface area contributed by atoms with Crippen LogP contribution < -0.4 is 4.90 Å². The maximum Gasteiger partial charge on any atom is 0.0541 e. The average molecular weight is 855 g/mol. The van der Waals surface area contributed by atoms with Gasteiger partial charge in [0.2, 0.25) is 0 Å². The van der Waals surface area contributed by atoms with Gasteiger partial charge < -0.3 is 9.47 Å². The van der Waals surface area contributed by atoms with Crippen molar-refractivity contribution in [3.63, 3.8) is 0 Å². The standard InChI is InChI=1S/C64H58N2/c1-62(2,3)47-25-15-42(16-26-47)44-19-31-51(32-20-44)65(50-29-17-43(18-30-50)41-13-11-10-12-14-41)56-35-23-45-22-34-53-57(36-24-46-21-33-52(56)60(45)61(46)53)66-58-37-27-48(63(4,5)6)39-54(58)55-40-49(64(7,8)9)28-38-59(55)66/h10-40H,1-9H3. The van der Waals surface area contributed by atoms with Gasteiger partial charge in [0.25, 0.3) is 0 Å². The summed E-state index contributed by atoms with van der Waals surface area (Å²) < 4.78 is 2.52. The average Bonchev–Trinajstić information content (AvgIpc) is 3.64. The van der Waals surface area contributed by atoms with E-state index >= 15 is 0 Å². The molecule has 11 aromatic rings. The van der Waals surface area contributed by atoms with Crippen LogP contribution >= 0.6 is 0 Å². The van der Waals surface area contributed by atoms with Crippen molar-refractivity contribution in [1.82, 2.24) is 4.57 Å². The highest BCUT2D eigenvalue weighted by atomic mass is 15.1. The summed E-state index contributed by atoms with van der Waals surface area (Å²) in [5, 5.41) is 10.2. The van der Waals surface area contributed by atoms with E-state index in [1.807, 2.05) is 0 Å². The fraction of sp³-hybridized carbons (Fsp3) is 0.188. The normalized spacial score (nSPS) is 12.6. The van der Waals surface area contributed by atoms with E-state index in [2.05, 4.69) is 260 Å². The van der Waals surface area contributed by atoms with Gasteiger partial charge in [0.15, 0.2) is 0 Å². The minimum Gasteiger partial charge on any atom is -0.310 e. The summed E-state index contributed by atoms with van der Waals surface area (Å²) in [6.45, 7) is 20.7. The molecule has 2 nitrogen and oxygen atoms in total. The number of fused-ring (bicyclic) bond motifs is 3. The number of hydrogen-bond donors (Lipinski definition) is 0. The second-order valence-electron chi connectivity index (χ2n) is 21.5. The summed E-state index contributed by atoms with van der Waals surface area (Å²) in [5.41, 5.74) is 16.1. The molecule has 10 aromatic carbocycles. The lowest BCUT2D eigenvalue weighted by atomic mass is 9.85. The van der Waals surface area contributed by atoms with E-state index in [0.29, 0.717) is 0 Å². The topological polar surface area (TPSA) is 8.17 Å². The molecular weight excluding hydrogens is 797 g/mol. The molecule has 0 aliphatic carbocycles. The Morgan fingerprint density at radius 2 is 0.742 bits per heavy atom. The van der Waals surface area contributed by atoms with E-state index in [1.165, 1.54) is 98.8 Å². The van der Waals surface area contributed by atoms with Crippen LogP contribution in [0.4, 0.5) is 17.1 Å². The van der Waals surface area contributed by atoms with Crippen LogP contribution in [-0.2, 0) is 16.2 Å². The van der Waals surface area contributed by atoms with Gasteiger partial charge in [-0.1, -0.05) is 190 Å². The van der Waals surface area contributed by atoms with Gasteiger partial charge in [-0.05, 0) is 137 Å². The highest BCUT2D eigenvalue weighted by molar-refractivity contribution is 6.27. The Kier molecular flexibility index (Phi) is 9.57. The fourth-order valence-electron chi connectivity index (χ4n) is 10.2. The van der Waals surface area contributed by atoms with Crippen LogP contribution in [0, 0.1) is 0 Å². The van der Waals surface area contributed by atoms with Gasteiger partial charge in [-0.2, -0.15) is 0 Å². The van der Waals surface area contributed by atoms with Crippen molar-refractivity contribution < 1.29 is 0 Å². The third-order valence-electron chi connectivity index (χ3n) is 14.0. The summed E-state index contributed by atoms with van der Waals surface area (Å²) in [5.74, 6) is 0. The molecule has 0 aliphatic rings. The predicted octanol–water partition coefficient (Wildman–Crippen LogP) is 18.4. The molecule has 0 saturated heterocycles. The second-order valence-corrected chi connectivity index (χ2v) is 21.5. The fourth-order valence-corrected chi connectivity index (χ4v) is 10.2. The molecule has 0 radical (unpaired) electrons. The summed E-state index contributed by atoms with van der Waals surface area (Å²) in [7, 11) is 0. The van der Waals surface area contributed by atoms with Gasteiger partial charge in [0, 0.05) is 32.9 Å². The number of nitrogens with zero attached hydrogens (tertiary/aromatic N) is 2. The largest absolute Gasteiger partial charge is 0.310 e. The Hall–Kier alpha value is -7.16. The van der Waals surface area contributed by atoms with Crippen LogP contribution in [0.2, 0.25) is 0 Å². The first-order valence-corrected chi connectivity index (χ1v) is 23.6. The molecule has 0 aliphatic heterocycles. The highest BCUT2D eigenvalue weighted by Gasteiger charge is 2.24. The number of hydrogen-bond acceptors (Lipinski definition) is 1. The zero-order valence-corrected chi connectivity index (χ0v) is 39.8. The Morgan fingerprint density at radius 1 is 0.333 bits per heavy atom. The predicted molar refractivity (Wildman–Crippen MR) is 286 cm³/mol. The number of aromatic nitrogens is 1. The molecule has 2 heteroatoms. The maximum absolute atomic E-state index is 2.52. The Labute approximate surface area is 390 Å². The molecule has 66 heavy (non-hydrogen) atoms. The van der Waals surface area contributed by atoms with Gasteiger partial charge >= 0.3 is 0 Å². The maximum atomic E-state index is 2.52. The first-order chi connectivity index (χ1) is 31.6. The lowest BCUT2D eigenvalue weighted by Gasteiger charge is -2.28. The molecule has 0 N–H and O–H groups in total. The molecule has 0 fully saturated rings. The van der Waals surface area contributed by atoms with Crippen LogP contribution in [0.3, 0.4) is 0 Å². The lowest BCUT2D eigenvalue weighted by molar-refractivity contribution is 0.590. The van der Waals surface area contributed by atoms with Crippen molar-refractivity contribution in [3.05, 3.63) is 205 Å². The molecule has 324 valence electrons. The van der Waals surface area contributed by atoms with Crippen molar-refractivity contribution >= 4 is 71.2 Å². The first kappa shape index (κ1) is 41.5. The highest BCUT2D eigenvalue weighted by Crippen LogP contribution is 2.47. The zero-order valence-electron chi connectivity index (χ0n) is 39.8. The smallest absolute Gasteiger partial charge is 0.0541 e. The third-order valence-corrected chi connectivity index (χ3v) is 14.0. The molecule has 0 atom stereocenters. The Balaban J connectivity index is 1.11. The van der Waals surface area contributed by atoms with E-state index in [-0.39, 0.29) is 16.2 Å². The van der Waals surface area contributed by atoms with Crippen LogP contribution in [0.25, 0.3) is 82.1 Å². The van der Waals surface area contributed by atoms with E-state index in [4.69, 9.17) is 0 Å². The van der Waals surface area contributed by atoms with Crippen molar-refractivity contribution in [3.8, 4) is 27.9 Å². The van der Waals surface area contributed by atoms with Gasteiger partial charge in [-0.25, -0.2) is 0 Å². The Bertz CT molecular complexity index is 3520. The molecule has 0 bridgehead atoms. The molecule has 0 unspecified atom stereocenters. The molecule has 1 aromatic heterocycles. The van der Waals surface area contributed by atoms with E-state index in [0.717, 1.165) is 17.1 Å². The first-order valence-electron chi connectivity index (χ1n) is 23.6. The second kappa shape index (κ2) is 15.2. The minimum absolute atomic E-state index is 0.0349. The van der Waals surface area contributed by atoms with E-state index < -0.39 is 0 Å². The van der Waals surface area contributed by atoms with Crippen molar-refractivity contribution in [2.24, 2.45) is 0 Å². The van der Waals surface area contributed by atoms with Crippen LogP contribution in [-0.4, -0.2) is 4.57 Å². The summed E-state index contributed by atoms with van der Waals surface area (Å²) in [4.78, 5) is 2.45. The lowest BCUT2D eigenvalue weighted by Crippen LogP contribution is -2.11. The molecule has 11 rings (SSSR count). The summed E-state index contributed by atoms with van der Waals surface area (Å²) >= 11 is 0. The van der Waals surface area contributed by atoms with Gasteiger partial charge in [-0.3, -0.25) is 0 Å². The third kappa shape index (κ3) is 7.02. The van der Waals surface area contributed by atoms with Crippen molar-refractivity contribution in [1.29, 1.82) is 0 Å². The SMILES string of the molecule is CC(C)(C)c1ccc(-c2ccc(N(c3ccc(-c4ccccc4)cc3)c3ccc4ccc5c(-n6c7ccc(C(C)(C)C)cc7c7cc(C(C)(C)C)ccc76)ccc6ccc3c4c65)cc2)cc1. The van der Waals surface area contributed by atoms with Crippen molar-refractivity contribution in [2.45, 2.75) is 78.6 Å². The molecule has 1 heterocycles. The summed E-state index contributed by atoms with van der Waals surface area (Å²) in [6.07, 6.45) is 0. The van der Waals surface area contributed by atoms with Gasteiger partial charge in [-0.15, -0.1) is 0 Å². The zero-order chi connectivity index (χ0) is 45.7. The van der Waals surface area contributed by atoms with Gasteiger partial charge in [0.05, 0.1) is 22.4 Å². The van der Waals surface area contributed by atoms with E-state index in [9.17, 15) is 0 Å². The molecule has 0 spiro atoms. The quantitative estimate of drug-likeness (QED) is 0.151. The Morgan fingerprint density at radius 3 is 1.24 bits per heavy atom. The molecular formula is C64H58N2. The van der Waals surface area contributed by atoms with E-state index in [1.54, 1.807) is 0 Å². The summed E-state index contributed by atoms with van der Waals surface area (Å²) in [6, 6.07) is 70.8. The van der Waals surface area contributed by atoms with Gasteiger partial charge in [0.1, 0.15) is 0 Å². The monoisotopic (exact) mass is 854 g/mol. The van der Waals surface area contributed by atoms with Crippen molar-refractivity contribution in [2.75, 3.05) is 4.90 Å². The molecule has 0 amide bonds. The van der Waals surface area contributed by atoms with Crippen LogP contribution in [0.15, 0.2) is 188 Å².